The molecular weight excluding hydrogens is 200 g/mol. The minimum absolute atomic E-state index is 0.132. The van der Waals surface area contributed by atoms with E-state index in [0.717, 1.165) is 5.56 Å². The van der Waals surface area contributed by atoms with Crippen molar-refractivity contribution in [3.63, 3.8) is 0 Å². The van der Waals surface area contributed by atoms with Crippen LogP contribution in [-0.2, 0) is 4.74 Å². The first-order chi connectivity index (χ1) is 7.56. The maximum atomic E-state index is 10.2. The molecule has 0 spiro atoms. The monoisotopic (exact) mass is 222 g/mol. The van der Waals surface area contributed by atoms with Gasteiger partial charge in [-0.25, -0.2) is 0 Å². The van der Waals surface area contributed by atoms with E-state index in [4.69, 9.17) is 4.74 Å². The molecular formula is C14H22O2. The van der Waals surface area contributed by atoms with Gasteiger partial charge in [-0.2, -0.15) is 0 Å². The van der Waals surface area contributed by atoms with Gasteiger partial charge in [0.25, 0.3) is 0 Å². The molecule has 0 aliphatic carbocycles. The van der Waals surface area contributed by atoms with Crippen LogP contribution in [-0.4, -0.2) is 17.8 Å². The molecule has 0 bridgehead atoms. The first kappa shape index (κ1) is 13.2. The highest BCUT2D eigenvalue weighted by atomic mass is 16.5. The molecule has 2 nitrogen and oxygen atoms in total. The molecule has 1 rings (SSSR count). The van der Waals surface area contributed by atoms with Gasteiger partial charge < -0.3 is 9.84 Å². The van der Waals surface area contributed by atoms with E-state index in [1.807, 2.05) is 38.1 Å². The lowest BCUT2D eigenvalue weighted by Crippen LogP contribution is -2.27. The minimum Gasteiger partial charge on any atom is -0.386 e. The number of aliphatic hydroxyl groups is 1. The molecule has 1 aromatic carbocycles. The van der Waals surface area contributed by atoms with Crippen molar-refractivity contribution in [3.05, 3.63) is 35.4 Å². The van der Waals surface area contributed by atoms with E-state index < -0.39 is 6.10 Å². The van der Waals surface area contributed by atoms with Crippen molar-refractivity contribution < 1.29 is 9.84 Å². The largest absolute Gasteiger partial charge is 0.386 e. The van der Waals surface area contributed by atoms with Gasteiger partial charge in [-0.05, 0) is 25.3 Å². The van der Waals surface area contributed by atoms with Crippen LogP contribution in [0.5, 0.6) is 0 Å². The van der Waals surface area contributed by atoms with E-state index in [-0.39, 0.29) is 6.10 Å². The van der Waals surface area contributed by atoms with Gasteiger partial charge in [0.1, 0.15) is 6.10 Å². The second kappa shape index (κ2) is 6.02. The van der Waals surface area contributed by atoms with Crippen molar-refractivity contribution in [2.45, 2.75) is 39.9 Å². The number of hydrogen-bond acceptors (Lipinski definition) is 2. The lowest BCUT2D eigenvalue weighted by Gasteiger charge is -2.26. The molecule has 0 amide bonds. The van der Waals surface area contributed by atoms with Crippen LogP contribution in [0, 0.1) is 12.8 Å². The number of rotatable bonds is 5. The number of aryl methyl sites for hydroxylation is 1. The smallest absolute Gasteiger partial charge is 0.105 e. The summed E-state index contributed by atoms with van der Waals surface area (Å²) in [4.78, 5) is 0. The molecule has 16 heavy (non-hydrogen) atoms. The van der Waals surface area contributed by atoms with Crippen LogP contribution >= 0.6 is 0 Å². The van der Waals surface area contributed by atoms with Crippen LogP contribution in [0.1, 0.15) is 38.0 Å². The molecule has 90 valence electrons. The maximum Gasteiger partial charge on any atom is 0.105 e. The fraction of sp³-hybridized carbons (Fsp3) is 0.571. The van der Waals surface area contributed by atoms with Crippen molar-refractivity contribution in [2.75, 3.05) is 6.61 Å². The Bertz CT molecular complexity index is 303. The van der Waals surface area contributed by atoms with Gasteiger partial charge in [0.15, 0.2) is 0 Å². The summed E-state index contributed by atoms with van der Waals surface area (Å²) in [7, 11) is 0. The first-order valence-corrected chi connectivity index (χ1v) is 5.92. The zero-order chi connectivity index (χ0) is 12.1. The maximum absolute atomic E-state index is 10.2. The molecule has 0 heterocycles. The van der Waals surface area contributed by atoms with E-state index >= 15 is 0 Å². The summed E-state index contributed by atoms with van der Waals surface area (Å²) in [5, 5.41) is 10.2. The zero-order valence-electron chi connectivity index (χ0n) is 10.6. The minimum atomic E-state index is -0.541. The third kappa shape index (κ3) is 3.32. The van der Waals surface area contributed by atoms with Gasteiger partial charge in [0.05, 0.1) is 6.10 Å². The predicted molar refractivity (Wildman–Crippen MR) is 66.4 cm³/mol. The van der Waals surface area contributed by atoms with E-state index in [1.54, 1.807) is 0 Å². The van der Waals surface area contributed by atoms with Crippen molar-refractivity contribution in [2.24, 2.45) is 5.92 Å². The van der Waals surface area contributed by atoms with Crippen LogP contribution in [0.25, 0.3) is 0 Å². The highest BCUT2D eigenvalue weighted by Crippen LogP contribution is 2.24. The third-order valence-electron chi connectivity index (χ3n) is 2.75. The fourth-order valence-corrected chi connectivity index (χ4v) is 1.79. The number of ether oxygens (including phenoxy) is 1. The second-order valence-electron chi connectivity index (χ2n) is 4.52. The Morgan fingerprint density at radius 1 is 1.19 bits per heavy atom. The van der Waals surface area contributed by atoms with Crippen LogP contribution in [0.15, 0.2) is 24.3 Å². The summed E-state index contributed by atoms with van der Waals surface area (Å²) in [6.07, 6.45) is -0.673. The van der Waals surface area contributed by atoms with Crippen LogP contribution < -0.4 is 0 Å². The Morgan fingerprint density at radius 2 is 1.75 bits per heavy atom. The van der Waals surface area contributed by atoms with E-state index in [1.165, 1.54) is 5.56 Å². The van der Waals surface area contributed by atoms with Crippen molar-refractivity contribution in [1.82, 2.24) is 0 Å². The number of hydrogen-bond donors (Lipinski definition) is 1. The molecule has 2 unspecified atom stereocenters. The Morgan fingerprint density at radius 3 is 2.19 bits per heavy atom. The number of benzene rings is 1. The zero-order valence-corrected chi connectivity index (χ0v) is 10.6. The quantitative estimate of drug-likeness (QED) is 0.829. The van der Waals surface area contributed by atoms with Gasteiger partial charge in [0.2, 0.25) is 0 Å². The number of aliphatic hydroxyl groups excluding tert-OH is 1. The molecule has 0 aliphatic heterocycles. The molecule has 1 N–H and O–H groups in total. The molecule has 0 fully saturated rings. The summed E-state index contributed by atoms with van der Waals surface area (Å²) in [6.45, 7) is 8.76. The van der Waals surface area contributed by atoms with Crippen molar-refractivity contribution in [1.29, 1.82) is 0 Å². The average molecular weight is 222 g/mol. The highest BCUT2D eigenvalue weighted by Gasteiger charge is 2.24. The van der Waals surface area contributed by atoms with E-state index in [9.17, 15) is 5.11 Å². The molecule has 0 radical (unpaired) electrons. The Labute approximate surface area is 98.3 Å². The molecule has 1 aromatic rings. The van der Waals surface area contributed by atoms with Crippen LogP contribution in [0.2, 0.25) is 0 Å². The lowest BCUT2D eigenvalue weighted by molar-refractivity contribution is -0.0585. The van der Waals surface area contributed by atoms with E-state index in [0.29, 0.717) is 12.5 Å². The molecule has 2 atom stereocenters. The second-order valence-corrected chi connectivity index (χ2v) is 4.52. The van der Waals surface area contributed by atoms with E-state index in [2.05, 4.69) is 13.8 Å². The highest BCUT2D eigenvalue weighted by molar-refractivity contribution is 5.23. The Kier molecular flexibility index (Phi) is 4.97. The van der Waals surface area contributed by atoms with Crippen LogP contribution in [0.4, 0.5) is 0 Å². The summed E-state index contributed by atoms with van der Waals surface area (Å²) in [5.74, 6) is 0.302. The summed E-state index contributed by atoms with van der Waals surface area (Å²) in [5.41, 5.74) is 2.13. The van der Waals surface area contributed by atoms with Crippen LogP contribution in [0.3, 0.4) is 0 Å². The van der Waals surface area contributed by atoms with Gasteiger partial charge in [-0.3, -0.25) is 0 Å². The Hall–Kier alpha value is -0.860. The predicted octanol–water partition coefficient (Wildman–Crippen LogP) is 3.09. The molecule has 2 heteroatoms. The molecule has 0 aromatic heterocycles. The summed E-state index contributed by atoms with van der Waals surface area (Å²) < 4.78 is 5.60. The summed E-state index contributed by atoms with van der Waals surface area (Å²) >= 11 is 0. The van der Waals surface area contributed by atoms with Gasteiger partial charge >= 0.3 is 0 Å². The first-order valence-electron chi connectivity index (χ1n) is 5.92. The summed E-state index contributed by atoms with van der Waals surface area (Å²) in [6, 6.07) is 7.96. The van der Waals surface area contributed by atoms with Gasteiger partial charge in [-0.15, -0.1) is 0 Å². The topological polar surface area (TPSA) is 29.5 Å². The average Bonchev–Trinajstić information content (AvgIpc) is 2.25. The van der Waals surface area contributed by atoms with Crippen molar-refractivity contribution >= 4 is 0 Å². The SMILES string of the molecule is CCOC(C(C)C)C(O)c1ccc(C)cc1. The van der Waals surface area contributed by atoms with Gasteiger partial charge in [-0.1, -0.05) is 43.7 Å². The molecule has 0 saturated heterocycles. The normalized spacial score (nSPS) is 15.1. The lowest BCUT2D eigenvalue weighted by atomic mass is 9.95. The third-order valence-corrected chi connectivity index (χ3v) is 2.75. The standard InChI is InChI=1S/C14H22O2/c1-5-16-14(10(2)3)13(15)12-8-6-11(4)7-9-12/h6-10,13-15H,5H2,1-4H3. The Balaban J connectivity index is 2.81. The van der Waals surface area contributed by atoms with Crippen molar-refractivity contribution in [3.8, 4) is 0 Å². The molecule has 0 aliphatic rings. The molecule has 0 saturated carbocycles. The van der Waals surface area contributed by atoms with Gasteiger partial charge in [0, 0.05) is 6.61 Å². The fourth-order valence-electron chi connectivity index (χ4n) is 1.79.